The predicted octanol–water partition coefficient (Wildman–Crippen LogP) is 3.89. The van der Waals surface area contributed by atoms with Crippen LogP contribution in [-0.2, 0) is 6.42 Å². The van der Waals surface area contributed by atoms with Gasteiger partial charge in [0.15, 0.2) is 0 Å². The lowest BCUT2D eigenvalue weighted by Gasteiger charge is -2.25. The van der Waals surface area contributed by atoms with Crippen LogP contribution in [-0.4, -0.2) is 28.7 Å². The molecule has 2 heterocycles. The van der Waals surface area contributed by atoms with Gasteiger partial charge in [-0.05, 0) is 62.2 Å². The van der Waals surface area contributed by atoms with E-state index in [-0.39, 0.29) is 5.56 Å². The van der Waals surface area contributed by atoms with Crippen LogP contribution in [0.15, 0.2) is 53.3 Å². The molecule has 0 spiro atoms. The number of para-hydroxylation sites is 1. The van der Waals surface area contributed by atoms with Crippen LogP contribution in [0, 0.1) is 0 Å². The van der Waals surface area contributed by atoms with Crippen molar-refractivity contribution in [1.82, 2.24) is 14.9 Å². The van der Waals surface area contributed by atoms with E-state index in [1.54, 1.807) is 4.57 Å². The molecule has 1 saturated heterocycles. The molecule has 1 aliphatic rings. The number of anilines is 1. The zero-order valence-electron chi connectivity index (χ0n) is 16.4. The molecule has 1 aromatic heterocycles. The largest absolute Gasteiger partial charge is 0.381 e. The third kappa shape index (κ3) is 3.94. The number of unbranched alkanes of at least 4 members (excludes halogenated alkanes) is 1. The Kier molecular flexibility index (Phi) is 5.72. The third-order valence-corrected chi connectivity index (χ3v) is 5.39. The van der Waals surface area contributed by atoms with Crippen LogP contribution < -0.4 is 16.2 Å². The van der Waals surface area contributed by atoms with E-state index in [4.69, 9.17) is 4.98 Å². The van der Waals surface area contributed by atoms with Crippen LogP contribution in [0.2, 0.25) is 0 Å². The van der Waals surface area contributed by atoms with Crippen LogP contribution in [0.25, 0.3) is 16.6 Å². The molecule has 3 aromatic rings. The van der Waals surface area contributed by atoms with Crippen molar-refractivity contribution in [1.29, 1.82) is 0 Å². The standard InChI is InChI=1S/C23H28N4O/c1-2-3-10-22-26-21-9-5-4-8-20(21)23(28)27(22)19-13-11-17(12-14-19)25-18-7-6-15-24-16-18/h4-5,8-9,11-14,18,24-25H,2-3,6-7,10,15-16H2,1H3/t18-/m1/s1. The highest BCUT2D eigenvalue weighted by molar-refractivity contribution is 5.77. The van der Waals surface area contributed by atoms with Gasteiger partial charge < -0.3 is 10.6 Å². The van der Waals surface area contributed by atoms with E-state index in [2.05, 4.69) is 29.7 Å². The Morgan fingerprint density at radius 3 is 2.75 bits per heavy atom. The fourth-order valence-electron chi connectivity index (χ4n) is 3.87. The maximum absolute atomic E-state index is 13.2. The van der Waals surface area contributed by atoms with E-state index in [0.717, 1.165) is 55.1 Å². The summed E-state index contributed by atoms with van der Waals surface area (Å²) in [6.45, 7) is 4.26. The number of nitrogens with one attached hydrogen (secondary N) is 2. The fraction of sp³-hybridized carbons (Fsp3) is 0.391. The number of aromatic nitrogens is 2. The number of nitrogens with zero attached hydrogens (tertiary/aromatic N) is 2. The monoisotopic (exact) mass is 376 g/mol. The number of benzene rings is 2. The molecule has 28 heavy (non-hydrogen) atoms. The summed E-state index contributed by atoms with van der Waals surface area (Å²) in [5.41, 5.74) is 2.75. The second-order valence-corrected chi connectivity index (χ2v) is 7.52. The van der Waals surface area contributed by atoms with Gasteiger partial charge in [-0.3, -0.25) is 9.36 Å². The van der Waals surface area contributed by atoms with Crippen LogP contribution in [0.1, 0.15) is 38.4 Å². The fourth-order valence-corrected chi connectivity index (χ4v) is 3.87. The molecule has 5 heteroatoms. The molecule has 0 radical (unpaired) electrons. The van der Waals surface area contributed by atoms with Crippen molar-refractivity contribution in [2.24, 2.45) is 0 Å². The summed E-state index contributed by atoms with van der Waals surface area (Å²) in [4.78, 5) is 18.0. The van der Waals surface area contributed by atoms with Crippen LogP contribution in [0.5, 0.6) is 0 Å². The van der Waals surface area contributed by atoms with Crippen molar-refractivity contribution in [3.63, 3.8) is 0 Å². The van der Waals surface area contributed by atoms with Crippen molar-refractivity contribution in [2.45, 2.75) is 45.1 Å². The van der Waals surface area contributed by atoms with E-state index in [0.29, 0.717) is 11.4 Å². The number of piperidine rings is 1. The first-order valence-corrected chi connectivity index (χ1v) is 10.3. The summed E-state index contributed by atoms with van der Waals surface area (Å²) in [7, 11) is 0. The lowest BCUT2D eigenvalue weighted by molar-refractivity contribution is 0.480. The molecule has 0 unspecified atom stereocenters. The summed E-state index contributed by atoms with van der Waals surface area (Å²) in [5, 5.41) is 7.68. The third-order valence-electron chi connectivity index (χ3n) is 5.39. The van der Waals surface area contributed by atoms with Gasteiger partial charge in [0.05, 0.1) is 16.6 Å². The van der Waals surface area contributed by atoms with E-state index in [1.807, 2.05) is 36.4 Å². The molecule has 1 fully saturated rings. The van der Waals surface area contributed by atoms with Gasteiger partial charge in [0.2, 0.25) is 0 Å². The molecule has 0 aliphatic carbocycles. The summed E-state index contributed by atoms with van der Waals surface area (Å²) >= 11 is 0. The maximum Gasteiger partial charge on any atom is 0.265 e. The normalized spacial score (nSPS) is 17.0. The van der Waals surface area contributed by atoms with E-state index < -0.39 is 0 Å². The lowest BCUT2D eigenvalue weighted by Crippen LogP contribution is -2.38. The quantitative estimate of drug-likeness (QED) is 0.685. The van der Waals surface area contributed by atoms with Crippen LogP contribution >= 0.6 is 0 Å². The summed E-state index contributed by atoms with van der Waals surface area (Å²) in [6, 6.07) is 16.2. The number of hydrogen-bond acceptors (Lipinski definition) is 4. The van der Waals surface area contributed by atoms with Gasteiger partial charge in [-0.25, -0.2) is 4.98 Å². The second-order valence-electron chi connectivity index (χ2n) is 7.52. The first-order chi connectivity index (χ1) is 13.8. The molecule has 5 nitrogen and oxygen atoms in total. The minimum Gasteiger partial charge on any atom is -0.381 e. The average Bonchev–Trinajstić information content (AvgIpc) is 2.74. The zero-order chi connectivity index (χ0) is 19.3. The number of aryl methyl sites for hydroxylation is 1. The molecule has 1 atom stereocenters. The van der Waals surface area contributed by atoms with Crippen molar-refractivity contribution in [2.75, 3.05) is 18.4 Å². The number of rotatable bonds is 6. The van der Waals surface area contributed by atoms with Gasteiger partial charge in [0.1, 0.15) is 5.82 Å². The molecule has 0 bridgehead atoms. The van der Waals surface area contributed by atoms with Gasteiger partial charge in [0.25, 0.3) is 5.56 Å². The van der Waals surface area contributed by atoms with E-state index in [1.165, 1.54) is 12.8 Å². The Balaban J connectivity index is 1.68. The Labute approximate surface area is 165 Å². The molecule has 1 aliphatic heterocycles. The molecule has 0 saturated carbocycles. The minimum absolute atomic E-state index is 0.00823. The van der Waals surface area contributed by atoms with Gasteiger partial charge in [0, 0.05) is 24.7 Å². The summed E-state index contributed by atoms with van der Waals surface area (Å²) in [5.74, 6) is 0.836. The molecule has 2 N–H and O–H groups in total. The molecule has 0 amide bonds. The van der Waals surface area contributed by atoms with Crippen molar-refractivity contribution in [3.05, 3.63) is 64.7 Å². The highest BCUT2D eigenvalue weighted by Gasteiger charge is 2.14. The maximum atomic E-state index is 13.2. The van der Waals surface area contributed by atoms with Crippen molar-refractivity contribution >= 4 is 16.6 Å². The molecular weight excluding hydrogens is 348 g/mol. The highest BCUT2D eigenvalue weighted by atomic mass is 16.1. The average molecular weight is 377 g/mol. The zero-order valence-corrected chi connectivity index (χ0v) is 16.4. The Morgan fingerprint density at radius 2 is 2.00 bits per heavy atom. The Hall–Kier alpha value is -2.66. The molecule has 146 valence electrons. The van der Waals surface area contributed by atoms with Crippen LogP contribution in [0.3, 0.4) is 0 Å². The number of hydrogen-bond donors (Lipinski definition) is 2. The first-order valence-electron chi connectivity index (χ1n) is 10.3. The van der Waals surface area contributed by atoms with E-state index >= 15 is 0 Å². The summed E-state index contributed by atoms with van der Waals surface area (Å²) < 4.78 is 1.78. The smallest absolute Gasteiger partial charge is 0.265 e. The van der Waals surface area contributed by atoms with E-state index in [9.17, 15) is 4.79 Å². The predicted molar refractivity (Wildman–Crippen MR) is 115 cm³/mol. The lowest BCUT2D eigenvalue weighted by atomic mass is 10.1. The van der Waals surface area contributed by atoms with Gasteiger partial charge in [-0.2, -0.15) is 0 Å². The SMILES string of the molecule is CCCCc1nc2ccccc2c(=O)n1-c1ccc(N[C@@H]2CCCNC2)cc1. The van der Waals surface area contributed by atoms with Crippen molar-refractivity contribution < 1.29 is 0 Å². The topological polar surface area (TPSA) is 59.0 Å². The van der Waals surface area contributed by atoms with Crippen LogP contribution in [0.4, 0.5) is 5.69 Å². The van der Waals surface area contributed by atoms with Gasteiger partial charge in [-0.15, -0.1) is 0 Å². The molecule has 4 rings (SSSR count). The highest BCUT2D eigenvalue weighted by Crippen LogP contribution is 2.18. The Morgan fingerprint density at radius 1 is 1.18 bits per heavy atom. The van der Waals surface area contributed by atoms with Gasteiger partial charge in [-0.1, -0.05) is 25.5 Å². The molecular formula is C23H28N4O. The number of fused-ring (bicyclic) bond motifs is 1. The first kappa shape index (κ1) is 18.7. The Bertz CT molecular complexity index is 988. The minimum atomic E-state index is 0.00823. The van der Waals surface area contributed by atoms with Gasteiger partial charge >= 0.3 is 0 Å². The second kappa shape index (κ2) is 8.57. The summed E-state index contributed by atoms with van der Waals surface area (Å²) in [6.07, 6.45) is 5.27. The molecule has 2 aromatic carbocycles. The van der Waals surface area contributed by atoms with Crippen molar-refractivity contribution in [3.8, 4) is 5.69 Å².